The van der Waals surface area contributed by atoms with E-state index in [2.05, 4.69) is 10.3 Å². The molecule has 0 bridgehead atoms. The van der Waals surface area contributed by atoms with E-state index in [1.165, 1.54) is 23.6 Å². The van der Waals surface area contributed by atoms with Crippen LogP contribution >= 0.6 is 0 Å². The fourth-order valence-corrected chi connectivity index (χ4v) is 2.13. The van der Waals surface area contributed by atoms with Gasteiger partial charge in [-0.15, -0.1) is 0 Å². The summed E-state index contributed by atoms with van der Waals surface area (Å²) in [5.74, 6) is 0.557. The topological polar surface area (TPSA) is 29.9 Å². The first-order valence-corrected chi connectivity index (χ1v) is 5.89. The second-order valence-corrected chi connectivity index (χ2v) is 4.44. The first kappa shape index (κ1) is 12.3. The van der Waals surface area contributed by atoms with Gasteiger partial charge in [-0.1, -0.05) is 12.8 Å². The van der Waals surface area contributed by atoms with Crippen LogP contribution < -0.4 is 5.32 Å². The Morgan fingerprint density at radius 2 is 2.06 bits per heavy atom. The van der Waals surface area contributed by atoms with E-state index in [1.54, 1.807) is 6.20 Å². The summed E-state index contributed by atoms with van der Waals surface area (Å²) < 4.78 is 37.9. The molecule has 0 atom stereocenters. The van der Waals surface area contributed by atoms with Gasteiger partial charge in [-0.2, -0.15) is 13.2 Å². The van der Waals surface area contributed by atoms with Crippen LogP contribution in [0.1, 0.15) is 32.1 Å². The average molecular weight is 247 g/mol. The number of nitrogens with zero attached hydrogens (tertiary/aromatic N) is 2. The van der Waals surface area contributed by atoms with Crippen molar-refractivity contribution in [3.8, 4) is 0 Å². The van der Waals surface area contributed by atoms with E-state index in [0.29, 0.717) is 12.0 Å². The Kier molecular flexibility index (Phi) is 3.59. The van der Waals surface area contributed by atoms with Gasteiger partial charge in [0.25, 0.3) is 0 Å². The van der Waals surface area contributed by atoms with E-state index >= 15 is 0 Å². The van der Waals surface area contributed by atoms with Crippen LogP contribution in [0, 0.1) is 0 Å². The van der Waals surface area contributed by atoms with E-state index in [-0.39, 0.29) is 6.54 Å². The Bertz CT molecular complexity index is 353. The van der Waals surface area contributed by atoms with Crippen LogP contribution in [0.15, 0.2) is 12.4 Å². The average Bonchev–Trinajstić information content (AvgIpc) is 2.86. The number of alkyl halides is 3. The van der Waals surface area contributed by atoms with Gasteiger partial charge in [-0.3, -0.25) is 0 Å². The van der Waals surface area contributed by atoms with Gasteiger partial charge in [0, 0.05) is 25.0 Å². The van der Waals surface area contributed by atoms with Crippen LogP contribution in [0.4, 0.5) is 19.1 Å². The van der Waals surface area contributed by atoms with Gasteiger partial charge in [0.2, 0.25) is 5.95 Å². The van der Waals surface area contributed by atoms with Crippen molar-refractivity contribution < 1.29 is 13.2 Å². The molecular formula is C11H16F3N3. The molecule has 1 saturated carbocycles. The molecule has 0 amide bonds. The molecule has 0 radical (unpaired) electrons. The van der Waals surface area contributed by atoms with Gasteiger partial charge in [0.05, 0.1) is 6.42 Å². The summed E-state index contributed by atoms with van der Waals surface area (Å²) in [5.41, 5.74) is 0. The Balaban J connectivity index is 1.91. The van der Waals surface area contributed by atoms with Gasteiger partial charge in [0.15, 0.2) is 0 Å². The van der Waals surface area contributed by atoms with Gasteiger partial charge < -0.3 is 9.88 Å². The Morgan fingerprint density at radius 3 is 2.71 bits per heavy atom. The normalized spacial score (nSPS) is 17.6. The number of aromatic nitrogens is 2. The Morgan fingerprint density at radius 1 is 1.35 bits per heavy atom. The molecule has 1 aromatic heterocycles. The number of hydrogen-bond donors (Lipinski definition) is 1. The molecule has 0 spiro atoms. The molecule has 1 N–H and O–H groups in total. The fraction of sp³-hybridized carbons (Fsp3) is 0.727. The highest BCUT2D eigenvalue weighted by Crippen LogP contribution is 2.23. The van der Waals surface area contributed by atoms with Crippen LogP contribution in [0.2, 0.25) is 0 Å². The fourth-order valence-electron chi connectivity index (χ4n) is 2.13. The zero-order valence-corrected chi connectivity index (χ0v) is 9.50. The molecule has 6 heteroatoms. The van der Waals surface area contributed by atoms with Crippen LogP contribution in [0.25, 0.3) is 0 Å². The van der Waals surface area contributed by atoms with E-state index in [4.69, 9.17) is 0 Å². The van der Waals surface area contributed by atoms with Crippen LogP contribution in [0.3, 0.4) is 0 Å². The monoisotopic (exact) mass is 247 g/mol. The van der Waals surface area contributed by atoms with Crippen molar-refractivity contribution in [3.05, 3.63) is 12.4 Å². The van der Waals surface area contributed by atoms with Crippen molar-refractivity contribution in [1.29, 1.82) is 0 Å². The summed E-state index contributed by atoms with van der Waals surface area (Å²) in [6, 6.07) is 0.363. The number of rotatable bonds is 4. The summed E-state index contributed by atoms with van der Waals surface area (Å²) in [5, 5.41) is 3.21. The molecule has 0 aliphatic heterocycles. The number of halogens is 3. The van der Waals surface area contributed by atoms with Crippen molar-refractivity contribution in [2.75, 3.05) is 5.32 Å². The molecule has 1 aliphatic carbocycles. The number of nitrogens with one attached hydrogen (secondary N) is 1. The third-order valence-corrected chi connectivity index (χ3v) is 3.04. The predicted octanol–water partition coefficient (Wildman–Crippen LogP) is 3.19. The maximum atomic E-state index is 12.1. The largest absolute Gasteiger partial charge is 0.390 e. The standard InChI is InChI=1S/C11H16F3N3/c12-11(13,14)5-7-17-8-6-15-10(17)16-9-3-1-2-4-9/h6,8-9H,1-5,7H2,(H,15,16). The molecule has 1 heterocycles. The molecule has 2 rings (SSSR count). The molecule has 17 heavy (non-hydrogen) atoms. The number of hydrogen-bond acceptors (Lipinski definition) is 2. The van der Waals surface area contributed by atoms with Crippen molar-refractivity contribution in [3.63, 3.8) is 0 Å². The molecule has 0 aromatic carbocycles. The van der Waals surface area contributed by atoms with Gasteiger partial charge in [-0.05, 0) is 12.8 Å². The summed E-state index contributed by atoms with van der Waals surface area (Å²) in [7, 11) is 0. The van der Waals surface area contributed by atoms with Crippen LogP contribution in [-0.2, 0) is 6.54 Å². The van der Waals surface area contributed by atoms with Crippen molar-refractivity contribution >= 4 is 5.95 Å². The molecule has 3 nitrogen and oxygen atoms in total. The summed E-state index contributed by atoms with van der Waals surface area (Å²) in [6.45, 7) is -0.0709. The van der Waals surface area contributed by atoms with Crippen molar-refractivity contribution in [2.24, 2.45) is 0 Å². The molecule has 1 aliphatic rings. The highest BCUT2D eigenvalue weighted by atomic mass is 19.4. The molecule has 1 aromatic rings. The second-order valence-electron chi connectivity index (χ2n) is 4.44. The smallest absolute Gasteiger partial charge is 0.353 e. The highest BCUT2D eigenvalue weighted by molar-refractivity contribution is 5.27. The third kappa shape index (κ3) is 3.64. The SMILES string of the molecule is FC(F)(F)CCn1ccnc1NC1CCCC1. The lowest BCUT2D eigenvalue weighted by atomic mass is 10.2. The third-order valence-electron chi connectivity index (χ3n) is 3.04. The predicted molar refractivity (Wildman–Crippen MR) is 58.8 cm³/mol. The molecular weight excluding hydrogens is 231 g/mol. The quantitative estimate of drug-likeness (QED) is 0.885. The van der Waals surface area contributed by atoms with E-state index < -0.39 is 12.6 Å². The number of imidazole rings is 1. The minimum atomic E-state index is -4.12. The van der Waals surface area contributed by atoms with E-state index in [9.17, 15) is 13.2 Å². The van der Waals surface area contributed by atoms with Gasteiger partial charge >= 0.3 is 6.18 Å². The lowest BCUT2D eigenvalue weighted by Crippen LogP contribution is -2.19. The first-order valence-electron chi connectivity index (χ1n) is 5.89. The number of anilines is 1. The zero-order chi connectivity index (χ0) is 12.3. The highest BCUT2D eigenvalue weighted by Gasteiger charge is 2.27. The lowest BCUT2D eigenvalue weighted by Gasteiger charge is -2.15. The molecule has 0 unspecified atom stereocenters. The van der Waals surface area contributed by atoms with E-state index in [0.717, 1.165) is 12.8 Å². The number of aryl methyl sites for hydroxylation is 1. The summed E-state index contributed by atoms with van der Waals surface area (Å²) in [6.07, 6.45) is 2.70. The minimum absolute atomic E-state index is 0.0709. The molecule has 96 valence electrons. The lowest BCUT2D eigenvalue weighted by molar-refractivity contribution is -0.136. The zero-order valence-electron chi connectivity index (χ0n) is 9.50. The first-order chi connectivity index (χ1) is 8.04. The molecule has 1 fully saturated rings. The van der Waals surface area contributed by atoms with Crippen LogP contribution in [0.5, 0.6) is 0 Å². The Hall–Kier alpha value is -1.20. The second kappa shape index (κ2) is 4.98. The maximum Gasteiger partial charge on any atom is 0.390 e. The summed E-state index contributed by atoms with van der Waals surface area (Å²) >= 11 is 0. The van der Waals surface area contributed by atoms with Crippen molar-refractivity contribution in [2.45, 2.75) is 50.9 Å². The molecule has 0 saturated heterocycles. The minimum Gasteiger partial charge on any atom is -0.353 e. The maximum absolute atomic E-state index is 12.1. The summed E-state index contributed by atoms with van der Waals surface area (Å²) in [4.78, 5) is 4.06. The van der Waals surface area contributed by atoms with Gasteiger partial charge in [-0.25, -0.2) is 4.98 Å². The van der Waals surface area contributed by atoms with E-state index in [1.807, 2.05) is 0 Å². The van der Waals surface area contributed by atoms with Crippen LogP contribution in [-0.4, -0.2) is 21.8 Å². The van der Waals surface area contributed by atoms with Crippen molar-refractivity contribution in [1.82, 2.24) is 9.55 Å². The Labute approximate surface area is 98.0 Å². The van der Waals surface area contributed by atoms with Gasteiger partial charge in [0.1, 0.15) is 0 Å².